The molecule has 4 aromatic rings. The summed E-state index contributed by atoms with van der Waals surface area (Å²) in [7, 11) is 0. The van der Waals surface area contributed by atoms with Crippen LogP contribution in [0.2, 0.25) is 5.02 Å². The molecule has 0 spiro atoms. The van der Waals surface area contributed by atoms with E-state index in [9.17, 15) is 4.79 Å². The third-order valence-electron chi connectivity index (χ3n) is 4.17. The number of carbonyl (C=O) groups is 1. The van der Waals surface area contributed by atoms with Crippen molar-refractivity contribution >= 4 is 28.3 Å². The number of ketones is 1. The Bertz CT molecular complexity index is 1060. The second kappa shape index (κ2) is 6.50. The van der Waals surface area contributed by atoms with Crippen molar-refractivity contribution in [2.24, 2.45) is 0 Å². The Kier molecular flexibility index (Phi) is 4.04. The lowest BCUT2D eigenvalue weighted by molar-refractivity contribution is 0.103. The topological polar surface area (TPSA) is 30.0 Å². The van der Waals surface area contributed by atoms with E-state index in [-0.39, 0.29) is 5.78 Å². The summed E-state index contributed by atoms with van der Waals surface area (Å²) < 4.78 is 0. The molecule has 0 aliphatic heterocycles. The first-order chi connectivity index (χ1) is 12.2. The number of benzene rings is 3. The molecule has 3 heteroatoms. The van der Waals surface area contributed by atoms with Crippen LogP contribution in [0.5, 0.6) is 0 Å². The third kappa shape index (κ3) is 2.92. The quantitative estimate of drug-likeness (QED) is 0.441. The predicted molar refractivity (Wildman–Crippen MR) is 102 cm³/mol. The lowest BCUT2D eigenvalue weighted by Gasteiger charge is -2.13. The fraction of sp³-hybridized carbons (Fsp3) is 0. The molecule has 120 valence electrons. The Hall–Kier alpha value is -2.97. The Morgan fingerprint density at radius 2 is 1.52 bits per heavy atom. The average Bonchev–Trinajstić information content (AvgIpc) is 2.67. The van der Waals surface area contributed by atoms with Crippen LogP contribution >= 0.6 is 11.6 Å². The molecule has 0 bridgehead atoms. The second-order valence-corrected chi connectivity index (χ2v) is 6.21. The summed E-state index contributed by atoms with van der Waals surface area (Å²) in [5.41, 5.74) is 3.88. The Morgan fingerprint density at radius 3 is 2.24 bits per heavy atom. The molecule has 0 fully saturated rings. The molecule has 1 heterocycles. The van der Waals surface area contributed by atoms with Gasteiger partial charge in [0.2, 0.25) is 0 Å². The van der Waals surface area contributed by atoms with Crippen LogP contribution in [0.15, 0.2) is 85.1 Å². The fourth-order valence-corrected chi connectivity index (χ4v) is 3.17. The molecule has 3 aromatic carbocycles. The molecule has 0 unspecified atom stereocenters. The van der Waals surface area contributed by atoms with Crippen molar-refractivity contribution in [3.05, 3.63) is 101 Å². The minimum atomic E-state index is -0.0381. The smallest absolute Gasteiger partial charge is 0.195 e. The number of carbonyl (C=O) groups excluding carboxylic acids is 1. The fourth-order valence-electron chi connectivity index (χ4n) is 3.00. The van der Waals surface area contributed by atoms with Crippen LogP contribution in [0.1, 0.15) is 15.9 Å². The maximum absolute atomic E-state index is 13.1. The number of hydrogen-bond acceptors (Lipinski definition) is 2. The Labute approximate surface area is 150 Å². The minimum Gasteiger partial charge on any atom is -0.289 e. The van der Waals surface area contributed by atoms with E-state index in [0.717, 1.165) is 22.0 Å². The SMILES string of the molecule is O=C(c1ccccc1)c1cnc2cc(Cl)ccc2c1-c1ccccc1. The van der Waals surface area contributed by atoms with Gasteiger partial charge in [0.05, 0.1) is 5.52 Å². The zero-order chi connectivity index (χ0) is 17.2. The number of pyridine rings is 1. The van der Waals surface area contributed by atoms with Crippen molar-refractivity contribution in [1.82, 2.24) is 4.98 Å². The van der Waals surface area contributed by atoms with Crippen molar-refractivity contribution in [2.75, 3.05) is 0 Å². The van der Waals surface area contributed by atoms with E-state index in [0.29, 0.717) is 16.1 Å². The summed E-state index contributed by atoms with van der Waals surface area (Å²) in [5, 5.41) is 1.54. The van der Waals surface area contributed by atoms with E-state index in [1.807, 2.05) is 78.9 Å². The molecule has 0 aliphatic rings. The van der Waals surface area contributed by atoms with E-state index in [1.54, 1.807) is 6.20 Å². The summed E-state index contributed by atoms with van der Waals surface area (Å²) in [6.45, 7) is 0. The minimum absolute atomic E-state index is 0.0381. The third-order valence-corrected chi connectivity index (χ3v) is 4.41. The lowest BCUT2D eigenvalue weighted by Crippen LogP contribution is -2.05. The Morgan fingerprint density at radius 1 is 0.840 bits per heavy atom. The van der Waals surface area contributed by atoms with E-state index < -0.39 is 0 Å². The van der Waals surface area contributed by atoms with Crippen LogP contribution in [0, 0.1) is 0 Å². The molecule has 0 radical (unpaired) electrons. The Balaban J connectivity index is 2.01. The summed E-state index contributed by atoms with van der Waals surface area (Å²) in [6.07, 6.45) is 1.65. The molecule has 0 saturated heterocycles. The molecule has 0 amide bonds. The molecular formula is C22H14ClNO. The van der Waals surface area contributed by atoms with Crippen molar-refractivity contribution in [3.8, 4) is 11.1 Å². The molecule has 2 nitrogen and oxygen atoms in total. The average molecular weight is 344 g/mol. The van der Waals surface area contributed by atoms with Gasteiger partial charge in [0, 0.05) is 33.3 Å². The van der Waals surface area contributed by atoms with Gasteiger partial charge in [-0.2, -0.15) is 0 Å². The molecule has 0 atom stereocenters. The first-order valence-corrected chi connectivity index (χ1v) is 8.35. The summed E-state index contributed by atoms with van der Waals surface area (Å²) in [6, 6.07) is 24.8. The zero-order valence-electron chi connectivity index (χ0n) is 13.3. The normalized spacial score (nSPS) is 10.8. The monoisotopic (exact) mass is 343 g/mol. The van der Waals surface area contributed by atoms with Gasteiger partial charge in [0.15, 0.2) is 5.78 Å². The van der Waals surface area contributed by atoms with Gasteiger partial charge in [0.1, 0.15) is 0 Å². The standard InChI is InChI=1S/C22H14ClNO/c23-17-11-12-18-20(13-17)24-14-19(21(18)15-7-3-1-4-8-15)22(25)16-9-5-2-6-10-16/h1-14H. The maximum Gasteiger partial charge on any atom is 0.195 e. The van der Waals surface area contributed by atoms with E-state index in [4.69, 9.17) is 11.6 Å². The predicted octanol–water partition coefficient (Wildman–Crippen LogP) is 5.79. The van der Waals surface area contributed by atoms with Gasteiger partial charge in [-0.3, -0.25) is 9.78 Å². The van der Waals surface area contributed by atoms with Crippen molar-refractivity contribution in [3.63, 3.8) is 0 Å². The van der Waals surface area contributed by atoms with Crippen LogP contribution in [-0.2, 0) is 0 Å². The molecule has 0 saturated carbocycles. The van der Waals surface area contributed by atoms with Gasteiger partial charge >= 0.3 is 0 Å². The number of nitrogens with zero attached hydrogens (tertiary/aromatic N) is 1. The van der Waals surface area contributed by atoms with Crippen LogP contribution < -0.4 is 0 Å². The zero-order valence-corrected chi connectivity index (χ0v) is 14.1. The van der Waals surface area contributed by atoms with Crippen molar-refractivity contribution < 1.29 is 4.79 Å². The molecule has 0 aliphatic carbocycles. The number of halogens is 1. The highest BCUT2D eigenvalue weighted by molar-refractivity contribution is 6.31. The van der Waals surface area contributed by atoms with Crippen LogP contribution in [0.25, 0.3) is 22.0 Å². The molecule has 0 N–H and O–H groups in total. The van der Waals surface area contributed by atoms with E-state index >= 15 is 0 Å². The van der Waals surface area contributed by atoms with Gasteiger partial charge in [0.25, 0.3) is 0 Å². The van der Waals surface area contributed by atoms with Gasteiger partial charge in [-0.1, -0.05) is 78.3 Å². The summed E-state index contributed by atoms with van der Waals surface area (Å²) in [4.78, 5) is 17.6. The maximum atomic E-state index is 13.1. The highest BCUT2D eigenvalue weighted by Gasteiger charge is 2.18. The van der Waals surface area contributed by atoms with Gasteiger partial charge < -0.3 is 0 Å². The molecule has 4 rings (SSSR count). The number of hydrogen-bond donors (Lipinski definition) is 0. The largest absolute Gasteiger partial charge is 0.289 e. The highest BCUT2D eigenvalue weighted by atomic mass is 35.5. The number of fused-ring (bicyclic) bond motifs is 1. The second-order valence-electron chi connectivity index (χ2n) is 5.77. The van der Waals surface area contributed by atoms with E-state index in [2.05, 4.69) is 4.98 Å². The van der Waals surface area contributed by atoms with E-state index in [1.165, 1.54) is 0 Å². The van der Waals surface area contributed by atoms with Crippen LogP contribution in [0.3, 0.4) is 0 Å². The van der Waals surface area contributed by atoms with Crippen molar-refractivity contribution in [1.29, 1.82) is 0 Å². The first-order valence-electron chi connectivity index (χ1n) is 7.97. The first kappa shape index (κ1) is 15.6. The van der Waals surface area contributed by atoms with Crippen molar-refractivity contribution in [2.45, 2.75) is 0 Å². The highest BCUT2D eigenvalue weighted by Crippen LogP contribution is 2.33. The van der Waals surface area contributed by atoms with Gasteiger partial charge in [-0.25, -0.2) is 0 Å². The molecule has 25 heavy (non-hydrogen) atoms. The summed E-state index contributed by atoms with van der Waals surface area (Å²) >= 11 is 6.11. The lowest BCUT2D eigenvalue weighted by atomic mass is 9.92. The summed E-state index contributed by atoms with van der Waals surface area (Å²) in [5.74, 6) is -0.0381. The molecular weight excluding hydrogens is 330 g/mol. The number of rotatable bonds is 3. The van der Waals surface area contributed by atoms with Gasteiger partial charge in [-0.05, 0) is 17.7 Å². The number of aromatic nitrogens is 1. The molecule has 1 aromatic heterocycles. The van der Waals surface area contributed by atoms with Gasteiger partial charge in [-0.15, -0.1) is 0 Å². The van der Waals surface area contributed by atoms with Crippen LogP contribution in [0.4, 0.5) is 0 Å². The van der Waals surface area contributed by atoms with Crippen LogP contribution in [-0.4, -0.2) is 10.8 Å².